The number of amides is 3. The van der Waals surface area contributed by atoms with Gasteiger partial charge in [0.15, 0.2) is 0 Å². The molecule has 0 radical (unpaired) electrons. The van der Waals surface area contributed by atoms with Crippen molar-refractivity contribution in [1.29, 1.82) is 0 Å². The van der Waals surface area contributed by atoms with Crippen molar-refractivity contribution in [3.05, 3.63) is 71.2 Å². The molecule has 3 aromatic rings. The molecule has 0 aliphatic heterocycles. The Hall–Kier alpha value is -3.58. The van der Waals surface area contributed by atoms with Gasteiger partial charge in [-0.25, -0.2) is 4.79 Å². The van der Waals surface area contributed by atoms with Crippen molar-refractivity contribution in [1.82, 2.24) is 5.32 Å². The number of benzene rings is 3. The van der Waals surface area contributed by atoms with Gasteiger partial charge in [-0.1, -0.05) is 48.0 Å². The Labute approximate surface area is 165 Å². The molecule has 3 aromatic carbocycles. The first-order valence-electron chi connectivity index (χ1n) is 8.29. The van der Waals surface area contributed by atoms with Gasteiger partial charge in [-0.2, -0.15) is 0 Å². The number of para-hydroxylation sites is 1. The Morgan fingerprint density at radius 3 is 2.14 bits per heavy atom. The van der Waals surface area contributed by atoms with Gasteiger partial charge in [-0.05, 0) is 35.0 Å². The normalized spacial score (nSPS) is 10.3. The zero-order valence-corrected chi connectivity index (χ0v) is 15.3. The largest absolute Gasteiger partial charge is 0.480 e. The molecule has 0 unspecified atom stereocenters. The summed E-state index contributed by atoms with van der Waals surface area (Å²) in [6.07, 6.45) is 0. The van der Waals surface area contributed by atoms with Gasteiger partial charge >= 0.3 is 12.0 Å². The Morgan fingerprint density at radius 2 is 1.46 bits per heavy atom. The molecule has 3 rings (SSSR count). The molecule has 142 valence electrons. The van der Waals surface area contributed by atoms with Crippen molar-refractivity contribution < 1.29 is 19.5 Å². The number of urea groups is 1. The van der Waals surface area contributed by atoms with Crippen molar-refractivity contribution in [2.45, 2.75) is 0 Å². The van der Waals surface area contributed by atoms with E-state index in [1.54, 1.807) is 36.4 Å². The lowest BCUT2D eigenvalue weighted by molar-refractivity contribution is -0.135. The van der Waals surface area contributed by atoms with Crippen molar-refractivity contribution in [3.63, 3.8) is 0 Å². The highest BCUT2D eigenvalue weighted by atomic mass is 35.5. The Bertz CT molecular complexity index is 1070. The molecule has 8 heteroatoms. The smallest absolute Gasteiger partial charge is 0.323 e. The number of halogens is 1. The second kappa shape index (κ2) is 8.41. The molecule has 3 amide bonds. The third-order valence-electron chi connectivity index (χ3n) is 3.90. The Balaban J connectivity index is 1.90. The highest BCUT2D eigenvalue weighted by Crippen LogP contribution is 2.25. The third-order valence-corrected chi connectivity index (χ3v) is 4.23. The number of hydrogen-bond acceptors (Lipinski definition) is 3. The molecular weight excluding hydrogens is 382 g/mol. The Morgan fingerprint density at radius 1 is 0.857 bits per heavy atom. The third kappa shape index (κ3) is 4.57. The summed E-state index contributed by atoms with van der Waals surface area (Å²) in [5.41, 5.74) is 0.805. The molecular formula is C20H16ClN3O4. The molecule has 0 aliphatic rings. The van der Waals surface area contributed by atoms with E-state index in [4.69, 9.17) is 16.7 Å². The minimum absolute atomic E-state index is 0.147. The van der Waals surface area contributed by atoms with Gasteiger partial charge in [-0.3, -0.25) is 9.59 Å². The van der Waals surface area contributed by atoms with Gasteiger partial charge in [0.2, 0.25) is 0 Å². The minimum atomic E-state index is -1.17. The molecule has 7 nitrogen and oxygen atoms in total. The summed E-state index contributed by atoms with van der Waals surface area (Å²) in [5.74, 6) is -1.78. The summed E-state index contributed by atoms with van der Waals surface area (Å²) in [6, 6.07) is 16.7. The summed E-state index contributed by atoms with van der Waals surface area (Å²) in [6.45, 7) is -0.531. The van der Waals surface area contributed by atoms with Gasteiger partial charge < -0.3 is 21.1 Å². The molecule has 0 heterocycles. The summed E-state index contributed by atoms with van der Waals surface area (Å²) in [4.78, 5) is 35.6. The van der Waals surface area contributed by atoms with Crippen LogP contribution < -0.4 is 16.0 Å². The lowest BCUT2D eigenvalue weighted by atomic mass is 10.0. The average molecular weight is 398 g/mol. The predicted molar refractivity (Wildman–Crippen MR) is 108 cm³/mol. The number of anilines is 2. The number of carbonyl (C=O) groups is 3. The predicted octanol–water partition coefficient (Wildman–Crippen LogP) is 3.95. The first-order chi connectivity index (χ1) is 13.4. The van der Waals surface area contributed by atoms with Crippen LogP contribution >= 0.6 is 11.6 Å². The van der Waals surface area contributed by atoms with E-state index in [-0.39, 0.29) is 11.3 Å². The maximum absolute atomic E-state index is 12.4. The second-order valence-electron chi connectivity index (χ2n) is 5.88. The monoisotopic (exact) mass is 397 g/mol. The van der Waals surface area contributed by atoms with E-state index in [2.05, 4.69) is 16.0 Å². The van der Waals surface area contributed by atoms with Gasteiger partial charge in [-0.15, -0.1) is 0 Å². The fourth-order valence-electron chi connectivity index (χ4n) is 2.62. The van der Waals surface area contributed by atoms with E-state index in [0.717, 1.165) is 10.8 Å². The van der Waals surface area contributed by atoms with Crippen molar-refractivity contribution in [2.75, 3.05) is 17.2 Å². The quantitative estimate of drug-likeness (QED) is 0.522. The topological polar surface area (TPSA) is 108 Å². The molecule has 0 aliphatic carbocycles. The van der Waals surface area contributed by atoms with E-state index >= 15 is 0 Å². The van der Waals surface area contributed by atoms with Crippen LogP contribution in [0.1, 0.15) is 10.4 Å². The van der Waals surface area contributed by atoms with Gasteiger partial charge in [0.1, 0.15) is 6.54 Å². The number of hydrogen-bond donors (Lipinski definition) is 4. The number of carbonyl (C=O) groups excluding carboxylic acids is 2. The van der Waals surface area contributed by atoms with E-state index < -0.39 is 24.5 Å². The fraction of sp³-hybridized carbons (Fsp3) is 0.0500. The van der Waals surface area contributed by atoms with E-state index in [1.807, 2.05) is 24.3 Å². The van der Waals surface area contributed by atoms with Crippen molar-refractivity contribution in [2.24, 2.45) is 0 Å². The van der Waals surface area contributed by atoms with Crippen LogP contribution in [0.4, 0.5) is 16.2 Å². The highest BCUT2D eigenvalue weighted by molar-refractivity contribution is 6.33. The average Bonchev–Trinajstić information content (AvgIpc) is 2.67. The van der Waals surface area contributed by atoms with Crippen LogP contribution in [0.2, 0.25) is 5.02 Å². The Kier molecular flexibility index (Phi) is 5.76. The summed E-state index contributed by atoms with van der Waals surface area (Å²) < 4.78 is 0. The van der Waals surface area contributed by atoms with E-state index in [1.165, 1.54) is 0 Å². The molecule has 0 fully saturated rings. The maximum atomic E-state index is 12.4. The minimum Gasteiger partial charge on any atom is -0.480 e. The van der Waals surface area contributed by atoms with Crippen LogP contribution in [0.3, 0.4) is 0 Å². The molecule has 4 N–H and O–H groups in total. The molecule has 0 aromatic heterocycles. The molecule has 0 saturated heterocycles. The number of nitrogens with one attached hydrogen (secondary N) is 3. The van der Waals surface area contributed by atoms with Crippen LogP contribution in [0.25, 0.3) is 10.8 Å². The fourth-order valence-corrected chi connectivity index (χ4v) is 2.80. The molecule has 0 bridgehead atoms. The lowest BCUT2D eigenvalue weighted by Crippen LogP contribution is -2.30. The maximum Gasteiger partial charge on any atom is 0.323 e. The van der Waals surface area contributed by atoms with Gasteiger partial charge in [0, 0.05) is 0 Å². The molecule has 0 saturated carbocycles. The van der Waals surface area contributed by atoms with Crippen LogP contribution in [-0.4, -0.2) is 29.6 Å². The summed E-state index contributed by atoms with van der Waals surface area (Å²) in [5, 5.41) is 18.3. The zero-order chi connectivity index (χ0) is 20.1. The number of fused-ring (bicyclic) bond motifs is 1. The van der Waals surface area contributed by atoms with Crippen molar-refractivity contribution >= 4 is 51.7 Å². The standard InChI is InChI=1S/C20H16ClN3O4/c21-15-7-3-4-8-16(15)23-20(28)24-17-10-13-6-2-1-5-12(13)9-14(17)19(27)22-11-18(25)26/h1-10H,11H2,(H,22,27)(H,25,26)(H2,23,24,28). The SMILES string of the molecule is O=C(O)CNC(=O)c1cc2ccccc2cc1NC(=O)Nc1ccccc1Cl. The van der Waals surface area contributed by atoms with E-state index in [9.17, 15) is 14.4 Å². The van der Waals surface area contributed by atoms with Gasteiger partial charge in [0.05, 0.1) is 22.0 Å². The summed E-state index contributed by atoms with van der Waals surface area (Å²) >= 11 is 6.04. The second-order valence-corrected chi connectivity index (χ2v) is 6.29. The number of aliphatic carboxylic acids is 1. The highest BCUT2D eigenvalue weighted by Gasteiger charge is 2.16. The number of carboxylic acids is 1. The first kappa shape index (κ1) is 19.2. The van der Waals surface area contributed by atoms with Crippen LogP contribution in [0.15, 0.2) is 60.7 Å². The van der Waals surface area contributed by atoms with Crippen molar-refractivity contribution in [3.8, 4) is 0 Å². The number of rotatable bonds is 5. The van der Waals surface area contributed by atoms with Crippen LogP contribution in [-0.2, 0) is 4.79 Å². The lowest BCUT2D eigenvalue weighted by Gasteiger charge is -2.14. The molecule has 28 heavy (non-hydrogen) atoms. The number of carboxylic acid groups (broad SMARTS) is 1. The first-order valence-corrected chi connectivity index (χ1v) is 8.67. The zero-order valence-electron chi connectivity index (χ0n) is 14.5. The van der Waals surface area contributed by atoms with Crippen LogP contribution in [0, 0.1) is 0 Å². The van der Waals surface area contributed by atoms with E-state index in [0.29, 0.717) is 10.7 Å². The molecule has 0 spiro atoms. The molecule has 0 atom stereocenters. The van der Waals surface area contributed by atoms with Gasteiger partial charge in [0.25, 0.3) is 5.91 Å². The summed E-state index contributed by atoms with van der Waals surface area (Å²) in [7, 11) is 0. The van der Waals surface area contributed by atoms with Crippen LogP contribution in [0.5, 0.6) is 0 Å².